The summed E-state index contributed by atoms with van der Waals surface area (Å²) in [6, 6.07) is 11.8. The van der Waals surface area contributed by atoms with E-state index in [1.54, 1.807) is 24.3 Å². The zero-order valence-corrected chi connectivity index (χ0v) is 17.9. The van der Waals surface area contributed by atoms with Crippen LogP contribution in [0.5, 0.6) is 11.6 Å². The highest BCUT2D eigenvalue weighted by molar-refractivity contribution is 7.77. The van der Waals surface area contributed by atoms with Crippen LogP contribution in [-0.4, -0.2) is 29.3 Å². The van der Waals surface area contributed by atoms with E-state index in [0.29, 0.717) is 22.3 Å². The molecule has 2 heterocycles. The number of nitrogens with zero attached hydrogens (tertiary/aromatic N) is 3. The highest BCUT2D eigenvalue weighted by Gasteiger charge is 2.30. The number of nitrogens with one attached hydrogen (secondary N) is 2. The standard InChI is InChI=1S/C21H16F3N5O4S/c22-21(23,24)14-2-1-3-15(9-14)28-20(30)29-7-6-13-8-17(4-5-18(13)29)33-19-10-16(25-12-26-19)11-27-34(31)32/h1-10,12,27H,11H2,(H,28,30)(H,31,32). The van der Waals surface area contributed by atoms with Gasteiger partial charge in [0.05, 0.1) is 23.3 Å². The molecule has 0 aliphatic heterocycles. The summed E-state index contributed by atoms with van der Waals surface area (Å²) >= 11 is -2.18. The maximum atomic E-state index is 12.9. The van der Waals surface area contributed by atoms with Gasteiger partial charge in [-0.2, -0.15) is 13.2 Å². The van der Waals surface area contributed by atoms with E-state index < -0.39 is 29.0 Å². The molecule has 34 heavy (non-hydrogen) atoms. The second-order valence-corrected chi connectivity index (χ2v) is 7.72. The molecular weight excluding hydrogens is 475 g/mol. The molecule has 1 atom stereocenters. The van der Waals surface area contributed by atoms with Crippen LogP contribution in [0.2, 0.25) is 0 Å². The van der Waals surface area contributed by atoms with Gasteiger partial charge in [0.1, 0.15) is 12.1 Å². The van der Waals surface area contributed by atoms with Gasteiger partial charge < -0.3 is 10.1 Å². The molecule has 1 amide bonds. The Bertz CT molecular complexity index is 1380. The van der Waals surface area contributed by atoms with E-state index in [2.05, 4.69) is 20.0 Å². The molecule has 0 aliphatic carbocycles. The van der Waals surface area contributed by atoms with Crippen LogP contribution in [-0.2, 0) is 24.0 Å². The highest BCUT2D eigenvalue weighted by Crippen LogP contribution is 2.31. The minimum atomic E-state index is -4.52. The second-order valence-electron chi connectivity index (χ2n) is 6.93. The molecule has 2 aromatic heterocycles. The zero-order valence-electron chi connectivity index (χ0n) is 17.1. The van der Waals surface area contributed by atoms with Gasteiger partial charge in [-0.1, -0.05) is 6.07 Å². The Kier molecular flexibility index (Phi) is 6.58. The normalized spacial score (nSPS) is 12.5. The van der Waals surface area contributed by atoms with Gasteiger partial charge >= 0.3 is 12.2 Å². The molecule has 0 bridgehead atoms. The summed E-state index contributed by atoms with van der Waals surface area (Å²) in [6.45, 7) is 0.0326. The van der Waals surface area contributed by atoms with E-state index in [9.17, 15) is 22.2 Å². The van der Waals surface area contributed by atoms with Gasteiger partial charge in [-0.25, -0.2) is 23.7 Å². The molecule has 3 N–H and O–H groups in total. The Balaban J connectivity index is 1.50. The summed E-state index contributed by atoms with van der Waals surface area (Å²) in [6.07, 6.45) is -1.78. The summed E-state index contributed by atoms with van der Waals surface area (Å²) in [7, 11) is 0. The predicted octanol–water partition coefficient (Wildman–Crippen LogP) is 4.55. The lowest BCUT2D eigenvalue weighted by atomic mass is 10.2. The Labute approximate surface area is 193 Å². The molecule has 176 valence electrons. The average Bonchev–Trinajstić information content (AvgIpc) is 3.21. The van der Waals surface area contributed by atoms with Crippen molar-refractivity contribution in [2.75, 3.05) is 5.32 Å². The first-order valence-electron chi connectivity index (χ1n) is 9.62. The van der Waals surface area contributed by atoms with Crippen molar-refractivity contribution in [2.45, 2.75) is 12.7 Å². The lowest BCUT2D eigenvalue weighted by Gasteiger charge is -2.11. The van der Waals surface area contributed by atoms with E-state index in [0.717, 1.165) is 12.1 Å². The SMILES string of the molecule is O=C(Nc1cccc(C(F)(F)F)c1)n1ccc2cc(Oc3cc(CNS(=O)O)ncn3)ccc21. The van der Waals surface area contributed by atoms with Gasteiger partial charge in [0, 0.05) is 23.3 Å². The van der Waals surface area contributed by atoms with E-state index >= 15 is 0 Å². The van der Waals surface area contributed by atoms with Crippen LogP contribution in [0, 0.1) is 0 Å². The Morgan fingerprint density at radius 2 is 1.94 bits per heavy atom. The number of rotatable bonds is 6. The number of halogens is 3. The molecule has 0 spiro atoms. The summed E-state index contributed by atoms with van der Waals surface area (Å²) in [5.74, 6) is 0.614. The first-order chi connectivity index (χ1) is 16.2. The third-order valence-corrected chi connectivity index (χ3v) is 5.01. The molecule has 0 saturated heterocycles. The maximum absolute atomic E-state index is 12.9. The lowest BCUT2D eigenvalue weighted by molar-refractivity contribution is -0.137. The van der Waals surface area contributed by atoms with Crippen molar-refractivity contribution in [3.05, 3.63) is 78.4 Å². The van der Waals surface area contributed by atoms with Gasteiger partial charge in [0.15, 0.2) is 0 Å². The number of alkyl halides is 3. The number of aromatic nitrogens is 3. The second kappa shape index (κ2) is 9.59. The Hall–Kier alpha value is -3.81. The number of hydrogen-bond donors (Lipinski definition) is 3. The van der Waals surface area contributed by atoms with Crippen LogP contribution in [0.4, 0.5) is 23.7 Å². The summed E-state index contributed by atoms with van der Waals surface area (Å²) in [5.41, 5.74) is 0.0965. The van der Waals surface area contributed by atoms with Crippen molar-refractivity contribution in [1.82, 2.24) is 19.3 Å². The fraction of sp³-hybridized carbons (Fsp3) is 0.0952. The van der Waals surface area contributed by atoms with Gasteiger partial charge in [-0.3, -0.25) is 9.12 Å². The quantitative estimate of drug-likeness (QED) is 0.341. The van der Waals surface area contributed by atoms with Crippen LogP contribution >= 0.6 is 0 Å². The largest absolute Gasteiger partial charge is 0.439 e. The average molecular weight is 491 g/mol. The van der Waals surface area contributed by atoms with Crippen molar-refractivity contribution in [3.8, 4) is 11.6 Å². The van der Waals surface area contributed by atoms with Gasteiger partial charge in [0.25, 0.3) is 0 Å². The number of carbonyl (C=O) groups is 1. The Morgan fingerprint density at radius 3 is 2.71 bits per heavy atom. The number of ether oxygens (including phenoxy) is 1. The van der Waals surface area contributed by atoms with E-state index in [1.165, 1.54) is 35.3 Å². The van der Waals surface area contributed by atoms with E-state index in [4.69, 9.17) is 9.29 Å². The molecule has 0 aliphatic rings. The smallest absolute Gasteiger partial charge is 0.416 e. The van der Waals surface area contributed by atoms with E-state index in [1.807, 2.05) is 0 Å². The van der Waals surface area contributed by atoms with E-state index in [-0.39, 0.29) is 18.1 Å². The molecule has 4 aromatic rings. The number of anilines is 1. The number of amides is 1. The molecule has 1 unspecified atom stereocenters. The summed E-state index contributed by atoms with van der Waals surface area (Å²) < 4.78 is 67.5. The Morgan fingerprint density at radius 1 is 1.12 bits per heavy atom. The summed E-state index contributed by atoms with van der Waals surface area (Å²) in [5, 5.41) is 3.10. The number of benzene rings is 2. The van der Waals surface area contributed by atoms with Crippen molar-refractivity contribution in [3.63, 3.8) is 0 Å². The maximum Gasteiger partial charge on any atom is 0.416 e. The molecule has 13 heteroatoms. The van der Waals surface area contributed by atoms with Crippen molar-refractivity contribution < 1.29 is 31.5 Å². The topological polar surface area (TPSA) is 118 Å². The molecule has 4 rings (SSSR count). The zero-order chi connectivity index (χ0) is 24.3. The molecule has 2 aromatic carbocycles. The fourth-order valence-electron chi connectivity index (χ4n) is 3.10. The molecule has 0 radical (unpaired) electrons. The van der Waals surface area contributed by atoms with Crippen LogP contribution in [0.1, 0.15) is 11.3 Å². The monoisotopic (exact) mass is 491 g/mol. The summed E-state index contributed by atoms with van der Waals surface area (Å²) in [4.78, 5) is 20.6. The predicted molar refractivity (Wildman–Crippen MR) is 118 cm³/mol. The highest BCUT2D eigenvalue weighted by atomic mass is 32.2. The van der Waals surface area contributed by atoms with Crippen molar-refractivity contribution >= 4 is 33.9 Å². The minimum Gasteiger partial charge on any atom is -0.439 e. The first kappa shape index (κ1) is 23.4. The van der Waals surface area contributed by atoms with Gasteiger partial charge in [-0.15, -0.1) is 0 Å². The van der Waals surface area contributed by atoms with Crippen molar-refractivity contribution in [1.29, 1.82) is 0 Å². The molecule has 9 nitrogen and oxygen atoms in total. The van der Waals surface area contributed by atoms with Crippen LogP contribution in [0.25, 0.3) is 10.9 Å². The molecule has 0 saturated carbocycles. The van der Waals surface area contributed by atoms with Crippen LogP contribution in [0.3, 0.4) is 0 Å². The molecular formula is C21H16F3N5O4S. The molecule has 0 fully saturated rings. The lowest BCUT2D eigenvalue weighted by Crippen LogP contribution is -2.18. The fourth-order valence-corrected chi connectivity index (χ4v) is 3.38. The third-order valence-electron chi connectivity index (χ3n) is 4.62. The first-order valence-corrected chi connectivity index (χ1v) is 10.7. The third kappa shape index (κ3) is 5.57. The van der Waals surface area contributed by atoms with Crippen molar-refractivity contribution in [2.24, 2.45) is 0 Å². The van der Waals surface area contributed by atoms with Gasteiger partial charge in [0.2, 0.25) is 17.1 Å². The van der Waals surface area contributed by atoms with Gasteiger partial charge in [-0.05, 0) is 42.5 Å². The number of hydrogen-bond acceptors (Lipinski definition) is 5. The number of fused-ring (bicyclic) bond motifs is 1. The van der Waals surface area contributed by atoms with Crippen LogP contribution in [0.15, 0.2) is 67.1 Å². The number of carbonyl (C=O) groups excluding carboxylic acids is 1. The van der Waals surface area contributed by atoms with Crippen LogP contribution < -0.4 is 14.8 Å². The minimum absolute atomic E-state index is 0.0146.